The summed E-state index contributed by atoms with van der Waals surface area (Å²) in [6, 6.07) is 5.73. The molecule has 0 bridgehead atoms. The van der Waals surface area contributed by atoms with Crippen LogP contribution in [0.4, 0.5) is 0 Å². The zero-order valence-electron chi connectivity index (χ0n) is 10.1. The van der Waals surface area contributed by atoms with Crippen LogP contribution >= 0.6 is 0 Å². The molecule has 0 aliphatic heterocycles. The topological polar surface area (TPSA) is 47.1 Å². The molecule has 0 unspecified atom stereocenters. The Hall–Kier alpha value is -1.97. The molecule has 0 atom stereocenters. The van der Waals surface area contributed by atoms with E-state index in [0.717, 1.165) is 29.3 Å². The quantitative estimate of drug-likeness (QED) is 0.862. The summed E-state index contributed by atoms with van der Waals surface area (Å²) in [6.45, 7) is 2.76. The van der Waals surface area contributed by atoms with Gasteiger partial charge in [0.05, 0.1) is 19.3 Å². The zero-order valence-corrected chi connectivity index (χ0v) is 10.1. The van der Waals surface area contributed by atoms with Crippen molar-refractivity contribution < 1.29 is 9.47 Å². The van der Waals surface area contributed by atoms with E-state index in [1.165, 1.54) is 0 Å². The van der Waals surface area contributed by atoms with Crippen LogP contribution < -0.4 is 9.47 Å². The number of hydrogen-bond donors (Lipinski definition) is 1. The Morgan fingerprint density at radius 1 is 1.35 bits per heavy atom. The molecule has 90 valence electrons. The minimum atomic E-state index is 0.681. The Morgan fingerprint density at radius 3 is 2.88 bits per heavy atom. The van der Waals surface area contributed by atoms with Gasteiger partial charge in [-0.05, 0) is 18.6 Å². The highest BCUT2D eigenvalue weighted by molar-refractivity contribution is 5.65. The van der Waals surface area contributed by atoms with Gasteiger partial charge in [0.25, 0.3) is 0 Å². The van der Waals surface area contributed by atoms with Gasteiger partial charge in [-0.1, -0.05) is 6.92 Å². The minimum Gasteiger partial charge on any atom is -0.497 e. The predicted molar refractivity (Wildman–Crippen MR) is 66.4 cm³/mol. The Bertz CT molecular complexity index is 466. The normalized spacial score (nSPS) is 10.2. The molecule has 1 heterocycles. The van der Waals surface area contributed by atoms with Crippen molar-refractivity contribution in [3.05, 3.63) is 30.6 Å². The van der Waals surface area contributed by atoms with Crippen LogP contribution in [0.2, 0.25) is 0 Å². The average molecular weight is 232 g/mol. The van der Waals surface area contributed by atoms with Crippen LogP contribution in [0.3, 0.4) is 0 Å². The van der Waals surface area contributed by atoms with Gasteiger partial charge in [0, 0.05) is 18.5 Å². The second kappa shape index (κ2) is 5.39. The maximum atomic E-state index is 5.71. The lowest BCUT2D eigenvalue weighted by atomic mass is 10.2. The molecule has 17 heavy (non-hydrogen) atoms. The van der Waals surface area contributed by atoms with E-state index in [1.54, 1.807) is 19.5 Å². The number of methoxy groups -OCH3 is 1. The van der Waals surface area contributed by atoms with Crippen LogP contribution in [0, 0.1) is 0 Å². The number of aromatic nitrogens is 2. The third-order valence-electron chi connectivity index (χ3n) is 2.40. The van der Waals surface area contributed by atoms with Crippen LogP contribution in [0.1, 0.15) is 13.3 Å². The van der Waals surface area contributed by atoms with Gasteiger partial charge in [0.15, 0.2) is 0 Å². The molecule has 0 fully saturated rings. The number of hydrogen-bond acceptors (Lipinski definition) is 3. The minimum absolute atomic E-state index is 0.681. The second-order valence-corrected chi connectivity index (χ2v) is 3.65. The molecule has 4 nitrogen and oxygen atoms in total. The van der Waals surface area contributed by atoms with E-state index in [0.29, 0.717) is 6.61 Å². The van der Waals surface area contributed by atoms with Crippen LogP contribution in [0.25, 0.3) is 11.4 Å². The number of benzene rings is 1. The van der Waals surface area contributed by atoms with Gasteiger partial charge < -0.3 is 14.5 Å². The Balaban J connectivity index is 2.36. The van der Waals surface area contributed by atoms with E-state index in [1.807, 2.05) is 18.2 Å². The highest BCUT2D eigenvalue weighted by Crippen LogP contribution is 2.31. The van der Waals surface area contributed by atoms with E-state index in [-0.39, 0.29) is 0 Å². The molecule has 0 aliphatic carbocycles. The number of aromatic amines is 1. The summed E-state index contributed by atoms with van der Waals surface area (Å²) in [5, 5.41) is 0. The van der Waals surface area contributed by atoms with E-state index in [2.05, 4.69) is 16.9 Å². The standard InChI is InChI=1S/C13H16N2O2/c1-3-8-17-12-9-10(16-2)4-5-11(12)13-14-6-7-15-13/h4-7,9H,3,8H2,1-2H3,(H,14,15). The van der Waals surface area contributed by atoms with Crippen molar-refractivity contribution in [3.63, 3.8) is 0 Å². The van der Waals surface area contributed by atoms with Crippen molar-refractivity contribution >= 4 is 0 Å². The molecule has 0 spiro atoms. The molecule has 0 amide bonds. The molecule has 1 N–H and O–H groups in total. The molecule has 1 aromatic heterocycles. The lowest BCUT2D eigenvalue weighted by Gasteiger charge is -2.11. The van der Waals surface area contributed by atoms with Crippen LogP contribution in [-0.4, -0.2) is 23.7 Å². The highest BCUT2D eigenvalue weighted by atomic mass is 16.5. The molecule has 2 aromatic rings. The summed E-state index contributed by atoms with van der Waals surface area (Å²) >= 11 is 0. The van der Waals surface area contributed by atoms with Crippen LogP contribution in [0.5, 0.6) is 11.5 Å². The molecular formula is C13H16N2O2. The van der Waals surface area contributed by atoms with Crippen molar-refractivity contribution in [1.82, 2.24) is 9.97 Å². The summed E-state index contributed by atoms with van der Waals surface area (Å²) in [5.41, 5.74) is 0.948. The van der Waals surface area contributed by atoms with Crippen LogP contribution in [-0.2, 0) is 0 Å². The molecule has 0 saturated carbocycles. The first-order valence-corrected chi connectivity index (χ1v) is 5.65. The van der Waals surface area contributed by atoms with Gasteiger partial charge in [-0.15, -0.1) is 0 Å². The summed E-state index contributed by atoms with van der Waals surface area (Å²) in [6.07, 6.45) is 4.49. The average Bonchev–Trinajstić information content (AvgIpc) is 2.89. The second-order valence-electron chi connectivity index (χ2n) is 3.65. The molecule has 0 radical (unpaired) electrons. The number of nitrogens with one attached hydrogen (secondary N) is 1. The highest BCUT2D eigenvalue weighted by Gasteiger charge is 2.09. The molecule has 2 rings (SSSR count). The Labute approximate surface area is 101 Å². The van der Waals surface area contributed by atoms with Crippen molar-refractivity contribution in [2.75, 3.05) is 13.7 Å². The number of nitrogens with zero attached hydrogens (tertiary/aromatic N) is 1. The predicted octanol–water partition coefficient (Wildman–Crippen LogP) is 2.87. The van der Waals surface area contributed by atoms with Gasteiger partial charge in [0.2, 0.25) is 0 Å². The smallest absolute Gasteiger partial charge is 0.141 e. The largest absolute Gasteiger partial charge is 0.497 e. The summed E-state index contributed by atoms with van der Waals surface area (Å²) < 4.78 is 10.9. The lowest BCUT2D eigenvalue weighted by Crippen LogP contribution is -1.98. The fourth-order valence-corrected chi connectivity index (χ4v) is 1.57. The SMILES string of the molecule is CCCOc1cc(OC)ccc1-c1ncc[nH]1. The number of H-pyrrole nitrogens is 1. The maximum absolute atomic E-state index is 5.71. The first-order valence-electron chi connectivity index (χ1n) is 5.65. The van der Waals surface area contributed by atoms with E-state index in [9.17, 15) is 0 Å². The van der Waals surface area contributed by atoms with Crippen molar-refractivity contribution in [3.8, 4) is 22.9 Å². The number of ether oxygens (including phenoxy) is 2. The van der Waals surface area contributed by atoms with Gasteiger partial charge in [0.1, 0.15) is 17.3 Å². The monoisotopic (exact) mass is 232 g/mol. The first kappa shape index (κ1) is 11.5. The summed E-state index contributed by atoms with van der Waals surface area (Å²) in [5.74, 6) is 2.38. The summed E-state index contributed by atoms with van der Waals surface area (Å²) in [4.78, 5) is 7.31. The summed E-state index contributed by atoms with van der Waals surface area (Å²) in [7, 11) is 1.64. The molecule has 4 heteroatoms. The molecule has 1 aromatic carbocycles. The number of imidazole rings is 1. The van der Waals surface area contributed by atoms with Crippen molar-refractivity contribution in [2.24, 2.45) is 0 Å². The molecular weight excluding hydrogens is 216 g/mol. The van der Waals surface area contributed by atoms with Gasteiger partial charge in [-0.2, -0.15) is 0 Å². The third kappa shape index (κ3) is 2.58. The molecule has 0 saturated heterocycles. The third-order valence-corrected chi connectivity index (χ3v) is 2.40. The fourth-order valence-electron chi connectivity index (χ4n) is 1.57. The van der Waals surface area contributed by atoms with Gasteiger partial charge in [-0.3, -0.25) is 0 Å². The lowest BCUT2D eigenvalue weighted by molar-refractivity contribution is 0.316. The Morgan fingerprint density at radius 2 is 2.24 bits per heavy atom. The number of rotatable bonds is 5. The van der Waals surface area contributed by atoms with Gasteiger partial charge in [-0.25, -0.2) is 4.98 Å². The van der Waals surface area contributed by atoms with Crippen LogP contribution in [0.15, 0.2) is 30.6 Å². The van der Waals surface area contributed by atoms with Gasteiger partial charge >= 0.3 is 0 Å². The molecule has 0 aliphatic rings. The van der Waals surface area contributed by atoms with Crippen molar-refractivity contribution in [2.45, 2.75) is 13.3 Å². The zero-order chi connectivity index (χ0) is 12.1. The Kier molecular flexibility index (Phi) is 3.65. The fraction of sp³-hybridized carbons (Fsp3) is 0.308. The maximum Gasteiger partial charge on any atom is 0.141 e. The van der Waals surface area contributed by atoms with E-state index in [4.69, 9.17) is 9.47 Å². The first-order chi connectivity index (χ1) is 8.35. The van der Waals surface area contributed by atoms with E-state index < -0.39 is 0 Å². The van der Waals surface area contributed by atoms with E-state index >= 15 is 0 Å². The van der Waals surface area contributed by atoms with Crippen molar-refractivity contribution in [1.29, 1.82) is 0 Å².